The molecule has 1 aliphatic carbocycles. The Kier molecular flexibility index (Phi) is 3.69. The molecule has 5 nitrogen and oxygen atoms in total. The number of rotatable bonds is 3. The number of aromatic nitrogens is 1. The van der Waals surface area contributed by atoms with Crippen LogP contribution in [-0.4, -0.2) is 10.9 Å². The molecule has 0 atom stereocenters. The normalized spacial score (nSPS) is 12.8. The molecule has 0 spiro atoms. The molecular formula is C15H14N4OS. The van der Waals surface area contributed by atoms with Gasteiger partial charge < -0.3 is 11.1 Å². The summed E-state index contributed by atoms with van der Waals surface area (Å²) < 4.78 is 0. The summed E-state index contributed by atoms with van der Waals surface area (Å²) in [6.45, 7) is 0.290. The summed E-state index contributed by atoms with van der Waals surface area (Å²) in [5.74, 6) is -0.233. The van der Waals surface area contributed by atoms with Gasteiger partial charge in [-0.2, -0.15) is 5.26 Å². The third kappa shape index (κ3) is 2.53. The molecule has 21 heavy (non-hydrogen) atoms. The van der Waals surface area contributed by atoms with Crippen molar-refractivity contribution in [1.29, 1.82) is 5.26 Å². The van der Waals surface area contributed by atoms with E-state index in [2.05, 4.69) is 16.4 Å². The number of hydrogen-bond acceptors (Lipinski definition) is 5. The van der Waals surface area contributed by atoms with Gasteiger partial charge in [-0.05, 0) is 37.0 Å². The molecule has 2 aromatic rings. The molecule has 106 valence electrons. The second-order valence-electron chi connectivity index (χ2n) is 4.87. The first-order valence-corrected chi connectivity index (χ1v) is 7.55. The van der Waals surface area contributed by atoms with E-state index >= 15 is 0 Å². The Labute approximate surface area is 126 Å². The second-order valence-corrected chi connectivity index (χ2v) is 5.97. The molecule has 2 aromatic heterocycles. The van der Waals surface area contributed by atoms with E-state index in [0.29, 0.717) is 21.8 Å². The Bertz CT molecular complexity index is 745. The van der Waals surface area contributed by atoms with E-state index in [0.717, 1.165) is 24.8 Å². The highest BCUT2D eigenvalue weighted by Crippen LogP contribution is 2.38. The molecule has 3 N–H and O–H groups in total. The molecule has 0 fully saturated rings. The zero-order chi connectivity index (χ0) is 14.8. The highest BCUT2D eigenvalue weighted by molar-refractivity contribution is 7.16. The molecule has 0 bridgehead atoms. The summed E-state index contributed by atoms with van der Waals surface area (Å²) in [7, 11) is 0. The molecule has 6 heteroatoms. The number of thiophene rings is 1. The average molecular weight is 298 g/mol. The number of hydrogen-bond donors (Lipinski definition) is 2. The van der Waals surface area contributed by atoms with E-state index in [9.17, 15) is 10.1 Å². The maximum absolute atomic E-state index is 12.3. The van der Waals surface area contributed by atoms with E-state index in [1.165, 1.54) is 16.2 Å². The highest BCUT2D eigenvalue weighted by atomic mass is 32.1. The maximum Gasteiger partial charge on any atom is 0.256 e. The maximum atomic E-state index is 12.3. The lowest BCUT2D eigenvalue weighted by atomic mass is 10.1. The fourth-order valence-electron chi connectivity index (χ4n) is 2.52. The predicted molar refractivity (Wildman–Crippen MR) is 81.1 cm³/mol. The van der Waals surface area contributed by atoms with E-state index in [1.807, 2.05) is 0 Å². The number of nitrogens with one attached hydrogen (secondary N) is 1. The molecule has 0 aliphatic heterocycles. The number of aryl methyl sites for hydroxylation is 1. The minimum absolute atomic E-state index is 0.233. The molecule has 0 saturated heterocycles. The van der Waals surface area contributed by atoms with Gasteiger partial charge in [-0.1, -0.05) is 0 Å². The van der Waals surface area contributed by atoms with Gasteiger partial charge in [0.1, 0.15) is 11.1 Å². The monoisotopic (exact) mass is 298 g/mol. The lowest BCUT2D eigenvalue weighted by Crippen LogP contribution is -2.13. The number of amides is 1. The van der Waals surface area contributed by atoms with Crippen molar-refractivity contribution in [2.45, 2.75) is 25.8 Å². The van der Waals surface area contributed by atoms with Crippen LogP contribution in [0.4, 0.5) is 5.00 Å². The summed E-state index contributed by atoms with van der Waals surface area (Å²) in [5, 5.41) is 12.8. The summed E-state index contributed by atoms with van der Waals surface area (Å²) in [6.07, 6.45) is 4.58. The molecule has 1 aliphatic rings. The van der Waals surface area contributed by atoms with E-state index in [-0.39, 0.29) is 12.5 Å². The zero-order valence-corrected chi connectivity index (χ0v) is 12.2. The van der Waals surface area contributed by atoms with Crippen LogP contribution in [0.15, 0.2) is 18.3 Å². The number of nitrogens with two attached hydrogens (primary N) is 1. The standard InChI is InChI=1S/C15H14N4OS/c16-7-10-6-9(4-5-18-10)14(20)19-15-12(8-17)11-2-1-3-13(11)21-15/h4-6H,1-3,7,16H2,(H,19,20). The molecule has 1 amide bonds. The molecule has 0 radical (unpaired) electrons. The molecule has 0 aromatic carbocycles. The van der Waals surface area contributed by atoms with Crippen molar-refractivity contribution >= 4 is 22.2 Å². The number of pyridine rings is 1. The number of anilines is 1. The Morgan fingerprint density at radius 1 is 1.52 bits per heavy atom. The fraction of sp³-hybridized carbons (Fsp3) is 0.267. The van der Waals surface area contributed by atoms with Gasteiger partial charge >= 0.3 is 0 Å². The molecule has 2 heterocycles. The van der Waals surface area contributed by atoms with Gasteiger partial charge in [0.05, 0.1) is 11.3 Å². The van der Waals surface area contributed by atoms with Crippen LogP contribution in [0.5, 0.6) is 0 Å². The highest BCUT2D eigenvalue weighted by Gasteiger charge is 2.23. The van der Waals surface area contributed by atoms with Crippen molar-refractivity contribution < 1.29 is 4.79 Å². The van der Waals surface area contributed by atoms with Crippen LogP contribution >= 0.6 is 11.3 Å². The largest absolute Gasteiger partial charge is 0.325 e. The number of nitriles is 1. The third-order valence-corrected chi connectivity index (χ3v) is 4.76. The van der Waals surface area contributed by atoms with Crippen molar-refractivity contribution in [3.63, 3.8) is 0 Å². The predicted octanol–water partition coefficient (Wildman–Crippen LogP) is 2.21. The summed E-state index contributed by atoms with van der Waals surface area (Å²) in [4.78, 5) is 17.6. The SMILES string of the molecule is N#Cc1c(NC(=O)c2ccnc(CN)c2)sc2c1CCC2. The van der Waals surface area contributed by atoms with Gasteiger partial charge in [-0.3, -0.25) is 9.78 Å². The van der Waals surface area contributed by atoms with Gasteiger partial charge in [-0.15, -0.1) is 11.3 Å². The van der Waals surface area contributed by atoms with E-state index < -0.39 is 0 Å². The van der Waals surface area contributed by atoms with Gasteiger partial charge in [0.25, 0.3) is 5.91 Å². The van der Waals surface area contributed by atoms with Gasteiger partial charge in [-0.25, -0.2) is 0 Å². The number of carbonyl (C=O) groups is 1. The van der Waals surface area contributed by atoms with Crippen LogP contribution in [0, 0.1) is 11.3 Å². The van der Waals surface area contributed by atoms with E-state index in [4.69, 9.17) is 5.73 Å². The Morgan fingerprint density at radius 2 is 2.38 bits per heavy atom. The third-order valence-electron chi connectivity index (χ3n) is 3.55. The molecule has 3 rings (SSSR count). The first kappa shape index (κ1) is 13.7. The van der Waals surface area contributed by atoms with Crippen LogP contribution in [0.25, 0.3) is 0 Å². The fourth-order valence-corrected chi connectivity index (χ4v) is 3.75. The van der Waals surface area contributed by atoms with Crippen molar-refractivity contribution in [3.05, 3.63) is 45.6 Å². The Hall–Kier alpha value is -2.23. The topological polar surface area (TPSA) is 91.8 Å². The summed E-state index contributed by atoms with van der Waals surface area (Å²) in [6, 6.07) is 5.53. The van der Waals surface area contributed by atoms with Crippen LogP contribution in [0.1, 0.15) is 38.5 Å². The van der Waals surface area contributed by atoms with Gasteiger partial charge in [0.15, 0.2) is 0 Å². The van der Waals surface area contributed by atoms with Crippen molar-refractivity contribution in [2.24, 2.45) is 5.73 Å². The summed E-state index contributed by atoms with van der Waals surface area (Å²) >= 11 is 1.51. The second kappa shape index (κ2) is 5.64. The average Bonchev–Trinajstić information content (AvgIpc) is 3.07. The van der Waals surface area contributed by atoms with Gasteiger partial charge in [0, 0.05) is 23.2 Å². The first-order valence-electron chi connectivity index (χ1n) is 6.74. The van der Waals surface area contributed by atoms with Crippen molar-refractivity contribution in [2.75, 3.05) is 5.32 Å². The minimum atomic E-state index is -0.233. The molecule has 0 saturated carbocycles. The number of carbonyl (C=O) groups excluding carboxylic acids is 1. The number of fused-ring (bicyclic) bond motifs is 1. The Morgan fingerprint density at radius 3 is 3.14 bits per heavy atom. The lowest BCUT2D eigenvalue weighted by Gasteiger charge is -2.05. The first-order chi connectivity index (χ1) is 10.2. The van der Waals surface area contributed by atoms with Crippen LogP contribution in [0.3, 0.4) is 0 Å². The molecule has 0 unspecified atom stereocenters. The van der Waals surface area contributed by atoms with Crippen LogP contribution in [-0.2, 0) is 19.4 Å². The lowest BCUT2D eigenvalue weighted by molar-refractivity contribution is 0.102. The van der Waals surface area contributed by atoms with Crippen molar-refractivity contribution in [3.8, 4) is 6.07 Å². The number of nitrogens with zero attached hydrogens (tertiary/aromatic N) is 2. The quantitative estimate of drug-likeness (QED) is 0.908. The van der Waals surface area contributed by atoms with Crippen LogP contribution < -0.4 is 11.1 Å². The smallest absolute Gasteiger partial charge is 0.256 e. The van der Waals surface area contributed by atoms with Crippen molar-refractivity contribution in [1.82, 2.24) is 4.98 Å². The van der Waals surface area contributed by atoms with Crippen LogP contribution in [0.2, 0.25) is 0 Å². The van der Waals surface area contributed by atoms with E-state index in [1.54, 1.807) is 18.3 Å². The molecular weight excluding hydrogens is 284 g/mol. The van der Waals surface area contributed by atoms with Gasteiger partial charge in [0.2, 0.25) is 0 Å². The zero-order valence-electron chi connectivity index (χ0n) is 11.3. The Balaban J connectivity index is 1.87. The summed E-state index contributed by atoms with van der Waals surface area (Å²) in [5.41, 5.74) is 8.42. The minimum Gasteiger partial charge on any atom is -0.325 e.